The molecule has 2 aromatic carbocycles. The molecule has 1 aliphatic rings. The van der Waals surface area contributed by atoms with Gasteiger partial charge in [-0.3, -0.25) is 9.52 Å². The van der Waals surface area contributed by atoms with E-state index in [4.69, 9.17) is 0 Å². The summed E-state index contributed by atoms with van der Waals surface area (Å²) >= 11 is 1.94. The van der Waals surface area contributed by atoms with Gasteiger partial charge >= 0.3 is 0 Å². The molecule has 2 aromatic rings. The summed E-state index contributed by atoms with van der Waals surface area (Å²) < 4.78 is 27.8. The fourth-order valence-electron chi connectivity index (χ4n) is 3.40. The van der Waals surface area contributed by atoms with Crippen LogP contribution in [0, 0.1) is 6.92 Å². The second kappa shape index (κ2) is 10.2. The van der Waals surface area contributed by atoms with E-state index in [2.05, 4.69) is 10.0 Å². The van der Waals surface area contributed by atoms with Crippen LogP contribution in [0.25, 0.3) is 0 Å². The highest BCUT2D eigenvalue weighted by Crippen LogP contribution is 2.27. The van der Waals surface area contributed by atoms with Crippen LogP contribution in [0.4, 0.5) is 5.69 Å². The molecule has 0 bridgehead atoms. The van der Waals surface area contributed by atoms with Crippen LogP contribution in [0.15, 0.2) is 53.4 Å². The van der Waals surface area contributed by atoms with Crippen LogP contribution in [-0.4, -0.2) is 31.9 Å². The highest BCUT2D eigenvalue weighted by atomic mass is 32.2. The predicted molar refractivity (Wildman–Crippen MR) is 120 cm³/mol. The average molecular weight is 433 g/mol. The van der Waals surface area contributed by atoms with Crippen molar-refractivity contribution in [1.29, 1.82) is 0 Å². The summed E-state index contributed by atoms with van der Waals surface area (Å²) in [4.78, 5) is 12.7. The van der Waals surface area contributed by atoms with Crippen LogP contribution in [-0.2, 0) is 10.0 Å². The minimum absolute atomic E-state index is 0.186. The monoisotopic (exact) mass is 432 g/mol. The highest BCUT2D eigenvalue weighted by Gasteiger charge is 2.17. The lowest BCUT2D eigenvalue weighted by molar-refractivity contribution is 0.0956. The van der Waals surface area contributed by atoms with Gasteiger partial charge in [-0.2, -0.15) is 11.8 Å². The van der Waals surface area contributed by atoms with Crippen molar-refractivity contribution in [1.82, 2.24) is 5.32 Å². The van der Waals surface area contributed by atoms with Crippen LogP contribution in [0.2, 0.25) is 0 Å². The second-order valence-electron chi connectivity index (χ2n) is 7.33. The zero-order chi connectivity index (χ0) is 20.7. The molecule has 7 heteroatoms. The summed E-state index contributed by atoms with van der Waals surface area (Å²) in [5, 5.41) is 3.66. The maximum atomic E-state index is 12.6. The molecule has 156 valence electrons. The molecule has 0 heterocycles. The minimum atomic E-state index is -3.70. The normalized spacial score (nSPS) is 15.1. The van der Waals surface area contributed by atoms with Crippen LogP contribution in [0.1, 0.15) is 48.0 Å². The number of thioether (sulfide) groups is 1. The van der Waals surface area contributed by atoms with Gasteiger partial charge in [-0.15, -0.1) is 0 Å². The molecule has 0 atom stereocenters. The Hall–Kier alpha value is -1.99. The molecule has 3 rings (SSSR count). The summed E-state index contributed by atoms with van der Waals surface area (Å²) in [6, 6.07) is 13.3. The molecule has 29 heavy (non-hydrogen) atoms. The molecule has 1 aliphatic carbocycles. The summed E-state index contributed by atoms with van der Waals surface area (Å²) in [5.41, 5.74) is 1.62. The number of aryl methyl sites for hydroxylation is 1. The van der Waals surface area contributed by atoms with E-state index < -0.39 is 10.0 Å². The van der Waals surface area contributed by atoms with Crippen LogP contribution < -0.4 is 10.0 Å². The smallest absolute Gasteiger partial charge is 0.261 e. The van der Waals surface area contributed by atoms with Crippen molar-refractivity contribution >= 4 is 33.4 Å². The van der Waals surface area contributed by atoms with Gasteiger partial charge in [0.05, 0.1) is 10.6 Å². The Kier molecular flexibility index (Phi) is 7.61. The molecule has 0 unspecified atom stereocenters. The molecule has 0 aliphatic heterocycles. The third-order valence-corrected chi connectivity index (χ3v) is 7.86. The van der Waals surface area contributed by atoms with E-state index in [1.807, 2.05) is 18.7 Å². The number of hydrogen-bond acceptors (Lipinski definition) is 4. The number of sulfonamides is 1. The van der Waals surface area contributed by atoms with Crippen LogP contribution in [0.3, 0.4) is 0 Å². The van der Waals surface area contributed by atoms with Gasteiger partial charge in [0.2, 0.25) is 0 Å². The Morgan fingerprint density at radius 2 is 1.79 bits per heavy atom. The topological polar surface area (TPSA) is 75.3 Å². The zero-order valence-electron chi connectivity index (χ0n) is 16.7. The predicted octanol–water partition coefficient (Wildman–Crippen LogP) is 4.59. The summed E-state index contributed by atoms with van der Waals surface area (Å²) in [7, 11) is -3.70. The van der Waals surface area contributed by atoms with Gasteiger partial charge in [0.15, 0.2) is 0 Å². The highest BCUT2D eigenvalue weighted by molar-refractivity contribution is 7.99. The Bertz CT molecular complexity index is 924. The molecule has 0 spiro atoms. The number of carbonyl (C=O) groups is 1. The number of amides is 1. The van der Waals surface area contributed by atoms with Crippen molar-refractivity contribution in [3.63, 3.8) is 0 Å². The second-order valence-corrected chi connectivity index (χ2v) is 10.4. The molecule has 0 radical (unpaired) electrons. The molecule has 2 N–H and O–H groups in total. The molecule has 5 nitrogen and oxygen atoms in total. The Morgan fingerprint density at radius 1 is 1.07 bits per heavy atom. The number of nitrogens with one attached hydrogen (secondary N) is 2. The summed E-state index contributed by atoms with van der Waals surface area (Å²) in [5.74, 6) is 0.713. The van der Waals surface area contributed by atoms with Gasteiger partial charge in [0.25, 0.3) is 15.9 Å². The maximum Gasteiger partial charge on any atom is 0.261 e. The van der Waals surface area contributed by atoms with Crippen molar-refractivity contribution in [3.8, 4) is 0 Å². The first-order chi connectivity index (χ1) is 14.0. The molecule has 1 fully saturated rings. The van der Waals surface area contributed by atoms with Crippen molar-refractivity contribution in [2.45, 2.75) is 49.2 Å². The molecular weight excluding hydrogens is 404 g/mol. The molecule has 0 aromatic heterocycles. The number of carbonyl (C=O) groups excluding carboxylic acids is 1. The summed E-state index contributed by atoms with van der Waals surface area (Å²) in [6.07, 6.45) is 6.53. The standard InChI is InChI=1S/C22H28N2O3S2/c1-17-12-13-18(22(25)23-14-15-28-19-8-4-2-5-9-19)16-21(17)24-29(26,27)20-10-6-3-7-11-20/h3,6-7,10-13,16,19,24H,2,4-5,8-9,14-15H2,1H3,(H,23,25). The lowest BCUT2D eigenvalue weighted by Gasteiger charge is -2.20. The van der Waals surface area contributed by atoms with E-state index in [1.165, 1.54) is 44.2 Å². The lowest BCUT2D eigenvalue weighted by atomic mass is 10.0. The molecular formula is C22H28N2O3S2. The average Bonchev–Trinajstić information content (AvgIpc) is 2.74. The van der Waals surface area contributed by atoms with E-state index in [1.54, 1.807) is 36.4 Å². The van der Waals surface area contributed by atoms with Crippen molar-refractivity contribution in [2.24, 2.45) is 0 Å². The van der Waals surface area contributed by atoms with E-state index in [9.17, 15) is 13.2 Å². The lowest BCUT2D eigenvalue weighted by Crippen LogP contribution is -2.26. The molecule has 1 amide bonds. The quantitative estimate of drug-likeness (QED) is 0.598. The Labute approximate surface area is 177 Å². The Morgan fingerprint density at radius 3 is 2.52 bits per heavy atom. The number of hydrogen-bond donors (Lipinski definition) is 2. The van der Waals surface area contributed by atoms with Crippen LogP contribution >= 0.6 is 11.8 Å². The van der Waals surface area contributed by atoms with Gasteiger partial charge in [-0.1, -0.05) is 43.5 Å². The van der Waals surface area contributed by atoms with Crippen molar-refractivity contribution in [3.05, 3.63) is 59.7 Å². The van der Waals surface area contributed by atoms with E-state index in [0.29, 0.717) is 17.8 Å². The van der Waals surface area contributed by atoms with Gasteiger partial charge in [0, 0.05) is 23.1 Å². The van der Waals surface area contributed by atoms with Gasteiger partial charge in [-0.05, 0) is 49.6 Å². The minimum Gasteiger partial charge on any atom is -0.351 e. The van der Waals surface area contributed by atoms with Crippen LogP contribution in [0.5, 0.6) is 0 Å². The van der Waals surface area contributed by atoms with Gasteiger partial charge < -0.3 is 5.32 Å². The molecule has 1 saturated carbocycles. The zero-order valence-corrected chi connectivity index (χ0v) is 18.3. The fraction of sp³-hybridized carbons (Fsp3) is 0.409. The van der Waals surface area contributed by atoms with E-state index >= 15 is 0 Å². The van der Waals surface area contributed by atoms with E-state index in [-0.39, 0.29) is 10.8 Å². The third-order valence-electron chi connectivity index (χ3n) is 5.09. The van der Waals surface area contributed by atoms with Gasteiger partial charge in [-0.25, -0.2) is 8.42 Å². The first-order valence-corrected chi connectivity index (χ1v) is 12.6. The number of anilines is 1. The molecule has 0 saturated heterocycles. The Balaban J connectivity index is 1.58. The fourth-order valence-corrected chi connectivity index (χ4v) is 5.76. The SMILES string of the molecule is Cc1ccc(C(=O)NCCSC2CCCCC2)cc1NS(=O)(=O)c1ccccc1. The number of rotatable bonds is 8. The van der Waals surface area contributed by atoms with Gasteiger partial charge in [0.1, 0.15) is 0 Å². The van der Waals surface area contributed by atoms with Crippen molar-refractivity contribution < 1.29 is 13.2 Å². The summed E-state index contributed by atoms with van der Waals surface area (Å²) in [6.45, 7) is 2.42. The number of benzene rings is 2. The maximum absolute atomic E-state index is 12.6. The van der Waals surface area contributed by atoms with Crippen molar-refractivity contribution in [2.75, 3.05) is 17.0 Å². The third kappa shape index (κ3) is 6.24. The first kappa shape index (κ1) is 21.7. The van der Waals surface area contributed by atoms with E-state index in [0.717, 1.165) is 16.6 Å². The largest absolute Gasteiger partial charge is 0.351 e. The first-order valence-electron chi connectivity index (χ1n) is 10.0.